The maximum atomic E-state index is 12.7. The van der Waals surface area contributed by atoms with Crippen molar-refractivity contribution in [1.29, 1.82) is 0 Å². The Morgan fingerprint density at radius 2 is 2.15 bits per heavy atom. The number of pyridine rings is 1. The third kappa shape index (κ3) is 2.35. The first-order valence-corrected chi connectivity index (χ1v) is 11.2. The van der Waals surface area contributed by atoms with Crippen molar-refractivity contribution < 1.29 is 8.95 Å². The quantitative estimate of drug-likeness (QED) is 0.687. The number of rotatable bonds is 2. The van der Waals surface area contributed by atoms with Gasteiger partial charge in [0.2, 0.25) is 0 Å². The smallest absolute Gasteiger partial charge is 0.0726 e. The molecule has 1 aromatic heterocycles. The van der Waals surface area contributed by atoms with Crippen molar-refractivity contribution >= 4 is 50.5 Å². The lowest BCUT2D eigenvalue weighted by Crippen LogP contribution is -2.47. The lowest BCUT2D eigenvalue weighted by molar-refractivity contribution is -0.0468. The largest absolute Gasteiger partial charge is 0.379 e. The van der Waals surface area contributed by atoms with Crippen molar-refractivity contribution in [1.82, 2.24) is 4.98 Å². The zero-order chi connectivity index (χ0) is 18.0. The van der Waals surface area contributed by atoms with E-state index in [1.807, 2.05) is 24.0 Å². The summed E-state index contributed by atoms with van der Waals surface area (Å²) < 4.78 is 18.2. The van der Waals surface area contributed by atoms with Crippen LogP contribution in [0.15, 0.2) is 52.4 Å². The van der Waals surface area contributed by atoms with Crippen molar-refractivity contribution in [2.75, 3.05) is 35.5 Å². The molecule has 2 aromatic carbocycles. The highest BCUT2D eigenvalue weighted by Gasteiger charge is 2.49. The molecule has 6 rings (SSSR count). The second-order valence-electron chi connectivity index (χ2n) is 7.29. The number of ether oxygens (including phenoxy) is 1. The van der Waals surface area contributed by atoms with Crippen LogP contribution >= 0.6 is 11.8 Å². The number of nitrogens with one attached hydrogen (secondary N) is 2. The van der Waals surface area contributed by atoms with Crippen LogP contribution in [0.5, 0.6) is 0 Å². The SMILES string of the molecule is O=S1CC2(COC2)c2cc3nccc(Nc4ccc5c(c4)NCS5)c3cc21. The molecule has 1 saturated heterocycles. The summed E-state index contributed by atoms with van der Waals surface area (Å²) in [5.74, 6) is 1.58. The van der Waals surface area contributed by atoms with Gasteiger partial charge in [0.25, 0.3) is 0 Å². The van der Waals surface area contributed by atoms with Crippen LogP contribution in [0.4, 0.5) is 17.1 Å². The molecule has 4 heterocycles. The number of aromatic nitrogens is 1. The maximum absolute atomic E-state index is 12.7. The fourth-order valence-electron chi connectivity index (χ4n) is 4.10. The Morgan fingerprint density at radius 1 is 1.22 bits per heavy atom. The predicted octanol–water partition coefficient (Wildman–Crippen LogP) is 3.84. The third-order valence-electron chi connectivity index (χ3n) is 5.57. The van der Waals surface area contributed by atoms with Gasteiger partial charge in [0.15, 0.2) is 0 Å². The minimum absolute atomic E-state index is 0.0666. The molecular weight excluding hydrogens is 378 g/mol. The molecule has 1 atom stereocenters. The first-order chi connectivity index (χ1) is 13.2. The van der Waals surface area contributed by atoms with Crippen molar-refractivity contribution in [3.8, 4) is 0 Å². The van der Waals surface area contributed by atoms with E-state index in [0.717, 1.165) is 44.3 Å². The van der Waals surface area contributed by atoms with E-state index in [9.17, 15) is 4.21 Å². The summed E-state index contributed by atoms with van der Waals surface area (Å²) >= 11 is 1.81. The summed E-state index contributed by atoms with van der Waals surface area (Å²) in [4.78, 5) is 6.79. The van der Waals surface area contributed by atoms with Crippen LogP contribution in [0.25, 0.3) is 10.9 Å². The summed E-state index contributed by atoms with van der Waals surface area (Å²) in [6.45, 7) is 1.32. The number of fused-ring (bicyclic) bond motifs is 4. The van der Waals surface area contributed by atoms with E-state index in [0.29, 0.717) is 19.0 Å². The Hall–Kier alpha value is -2.09. The average Bonchev–Trinajstić information content (AvgIpc) is 3.22. The van der Waals surface area contributed by atoms with Crippen LogP contribution in [-0.2, 0) is 21.0 Å². The lowest BCUT2D eigenvalue weighted by Gasteiger charge is -2.37. The Kier molecular flexibility index (Phi) is 3.36. The number of hydrogen-bond donors (Lipinski definition) is 2. The molecule has 3 aliphatic rings. The zero-order valence-electron chi connectivity index (χ0n) is 14.5. The lowest BCUT2D eigenvalue weighted by atomic mass is 9.80. The molecule has 3 aliphatic heterocycles. The Bertz CT molecular complexity index is 1130. The van der Waals surface area contributed by atoms with Gasteiger partial charge < -0.3 is 15.4 Å². The van der Waals surface area contributed by atoms with Gasteiger partial charge in [-0.25, -0.2) is 0 Å². The number of benzene rings is 2. The molecule has 0 amide bonds. The summed E-state index contributed by atoms with van der Waals surface area (Å²) in [6.07, 6.45) is 1.83. The molecule has 2 N–H and O–H groups in total. The minimum atomic E-state index is -0.975. The van der Waals surface area contributed by atoms with Gasteiger partial charge in [0, 0.05) is 38.5 Å². The number of anilines is 3. The van der Waals surface area contributed by atoms with Crippen LogP contribution in [0.2, 0.25) is 0 Å². The first kappa shape index (κ1) is 15.9. The average molecular weight is 396 g/mol. The van der Waals surface area contributed by atoms with Crippen LogP contribution in [0.1, 0.15) is 5.56 Å². The molecule has 1 spiro atoms. The van der Waals surface area contributed by atoms with Crippen LogP contribution in [0, 0.1) is 0 Å². The fourth-order valence-corrected chi connectivity index (χ4v) is 6.68. The maximum Gasteiger partial charge on any atom is 0.0726 e. The van der Waals surface area contributed by atoms with Gasteiger partial charge in [-0.3, -0.25) is 9.19 Å². The van der Waals surface area contributed by atoms with Crippen molar-refractivity contribution in [3.63, 3.8) is 0 Å². The normalized spacial score (nSPS) is 21.6. The topological polar surface area (TPSA) is 63.2 Å². The summed E-state index contributed by atoms with van der Waals surface area (Å²) in [7, 11) is -0.975. The molecule has 5 nitrogen and oxygen atoms in total. The van der Waals surface area contributed by atoms with Crippen LogP contribution in [-0.4, -0.2) is 34.0 Å². The second kappa shape index (κ2) is 5.70. The summed E-state index contributed by atoms with van der Waals surface area (Å²) in [6, 6.07) is 12.5. The van der Waals surface area contributed by atoms with Gasteiger partial charge in [-0.15, -0.1) is 11.8 Å². The van der Waals surface area contributed by atoms with Crippen molar-refractivity contribution in [2.45, 2.75) is 15.2 Å². The van der Waals surface area contributed by atoms with E-state index in [2.05, 4.69) is 45.9 Å². The monoisotopic (exact) mass is 395 g/mol. The second-order valence-corrected chi connectivity index (χ2v) is 9.73. The van der Waals surface area contributed by atoms with E-state index in [1.165, 1.54) is 4.90 Å². The predicted molar refractivity (Wildman–Crippen MR) is 110 cm³/mol. The standard InChI is InChI=1S/C20H17N3O2S2/c24-27-10-20(8-25-9-20)14-7-16-13(6-19(14)27)15(3-4-21-16)23-12-1-2-18-17(5-12)22-11-26-18/h1-7,22H,8-11H2,(H,21,23). The van der Waals surface area contributed by atoms with E-state index >= 15 is 0 Å². The Labute approximate surface area is 163 Å². The van der Waals surface area contributed by atoms with Gasteiger partial charge in [0.05, 0.1) is 46.5 Å². The summed E-state index contributed by atoms with van der Waals surface area (Å²) in [5.41, 5.74) is 5.19. The zero-order valence-corrected chi connectivity index (χ0v) is 16.1. The summed E-state index contributed by atoms with van der Waals surface area (Å²) in [5, 5.41) is 7.91. The highest BCUT2D eigenvalue weighted by molar-refractivity contribution is 7.99. The minimum Gasteiger partial charge on any atom is -0.379 e. The molecule has 1 fully saturated rings. The van der Waals surface area contributed by atoms with Gasteiger partial charge >= 0.3 is 0 Å². The molecule has 27 heavy (non-hydrogen) atoms. The van der Waals surface area contributed by atoms with E-state index in [4.69, 9.17) is 4.74 Å². The Morgan fingerprint density at radius 3 is 3.00 bits per heavy atom. The number of hydrogen-bond acceptors (Lipinski definition) is 6. The third-order valence-corrected chi connectivity index (χ3v) is 8.17. The van der Waals surface area contributed by atoms with Gasteiger partial charge in [-0.2, -0.15) is 0 Å². The van der Waals surface area contributed by atoms with Crippen molar-refractivity contribution in [3.05, 3.63) is 48.2 Å². The molecule has 0 radical (unpaired) electrons. The molecule has 7 heteroatoms. The molecule has 1 unspecified atom stereocenters. The van der Waals surface area contributed by atoms with Crippen LogP contribution < -0.4 is 10.6 Å². The number of nitrogens with zero attached hydrogens (tertiary/aromatic N) is 1. The highest BCUT2D eigenvalue weighted by Crippen LogP contribution is 2.45. The van der Waals surface area contributed by atoms with Crippen molar-refractivity contribution in [2.24, 2.45) is 0 Å². The molecule has 3 aromatic rings. The first-order valence-electron chi connectivity index (χ1n) is 8.89. The van der Waals surface area contributed by atoms with Crippen LogP contribution in [0.3, 0.4) is 0 Å². The molecule has 0 aliphatic carbocycles. The molecular formula is C20H17N3O2S2. The fraction of sp³-hybridized carbons (Fsp3) is 0.250. The molecule has 0 bridgehead atoms. The number of thioether (sulfide) groups is 1. The highest BCUT2D eigenvalue weighted by atomic mass is 32.2. The van der Waals surface area contributed by atoms with E-state index < -0.39 is 10.8 Å². The Balaban J connectivity index is 1.45. The van der Waals surface area contributed by atoms with Gasteiger partial charge in [-0.1, -0.05) is 0 Å². The van der Waals surface area contributed by atoms with Gasteiger partial charge in [-0.05, 0) is 42.0 Å². The molecule has 0 saturated carbocycles. The van der Waals surface area contributed by atoms with E-state index in [-0.39, 0.29) is 5.41 Å². The van der Waals surface area contributed by atoms with Gasteiger partial charge in [0.1, 0.15) is 0 Å². The molecule has 136 valence electrons. The van der Waals surface area contributed by atoms with E-state index in [1.54, 1.807) is 0 Å².